The van der Waals surface area contributed by atoms with Gasteiger partial charge in [0.15, 0.2) is 0 Å². The van der Waals surface area contributed by atoms with Gasteiger partial charge in [-0.2, -0.15) is 0 Å². The molecule has 1 aliphatic heterocycles. The summed E-state index contributed by atoms with van der Waals surface area (Å²) in [5.41, 5.74) is 6.16. The number of nitrogens with one attached hydrogen (secondary N) is 2. The zero-order chi connectivity index (χ0) is 11.5. The molecule has 0 atom stereocenters. The smallest absolute Gasteiger partial charge is 0.124 e. The van der Waals surface area contributed by atoms with Crippen molar-refractivity contribution in [3.63, 3.8) is 0 Å². The van der Waals surface area contributed by atoms with Gasteiger partial charge in [0.1, 0.15) is 5.82 Å². The largest absolute Gasteiger partial charge is 0.318 e. The van der Waals surface area contributed by atoms with E-state index in [0.29, 0.717) is 6.54 Å². The molecule has 0 aromatic heterocycles. The molecule has 4 heteroatoms. The molecule has 0 fully saturated rings. The van der Waals surface area contributed by atoms with Crippen molar-refractivity contribution >= 4 is 5.57 Å². The number of hydrazine groups is 1. The van der Waals surface area contributed by atoms with Crippen molar-refractivity contribution < 1.29 is 4.39 Å². The SMILES string of the molecule is CNCc1cc(F)cc(C2=CN(C)NC2)c1. The van der Waals surface area contributed by atoms with Crippen LogP contribution in [0.4, 0.5) is 4.39 Å². The van der Waals surface area contributed by atoms with Gasteiger partial charge in [-0.05, 0) is 41.9 Å². The summed E-state index contributed by atoms with van der Waals surface area (Å²) in [6.07, 6.45) is 1.98. The van der Waals surface area contributed by atoms with Crippen molar-refractivity contribution in [2.24, 2.45) is 0 Å². The summed E-state index contributed by atoms with van der Waals surface area (Å²) in [7, 11) is 3.79. The fraction of sp³-hybridized carbons (Fsp3) is 0.333. The normalized spacial score (nSPS) is 15.4. The molecule has 0 unspecified atom stereocenters. The van der Waals surface area contributed by atoms with Crippen LogP contribution in [0.5, 0.6) is 0 Å². The first-order valence-corrected chi connectivity index (χ1v) is 5.30. The molecule has 0 aliphatic carbocycles. The number of halogens is 1. The highest BCUT2D eigenvalue weighted by atomic mass is 19.1. The Morgan fingerprint density at radius 1 is 1.44 bits per heavy atom. The zero-order valence-electron chi connectivity index (χ0n) is 9.55. The Kier molecular flexibility index (Phi) is 3.22. The topological polar surface area (TPSA) is 27.3 Å². The Morgan fingerprint density at radius 2 is 2.25 bits per heavy atom. The van der Waals surface area contributed by atoms with E-state index in [2.05, 4.69) is 10.7 Å². The standard InChI is InChI=1S/C12H16FN3/c1-14-6-9-3-10(5-12(13)4-9)11-7-15-16(2)8-11/h3-5,8,14-15H,6-7H2,1-2H3. The number of hydrogen-bond donors (Lipinski definition) is 2. The van der Waals surface area contributed by atoms with Crippen LogP contribution in [0.25, 0.3) is 5.57 Å². The van der Waals surface area contributed by atoms with Crippen molar-refractivity contribution in [2.45, 2.75) is 6.54 Å². The van der Waals surface area contributed by atoms with Crippen LogP contribution in [0, 0.1) is 5.82 Å². The summed E-state index contributed by atoms with van der Waals surface area (Å²) in [4.78, 5) is 0. The molecule has 16 heavy (non-hydrogen) atoms. The molecular formula is C12H16FN3. The van der Waals surface area contributed by atoms with E-state index in [0.717, 1.165) is 23.2 Å². The second-order valence-corrected chi connectivity index (χ2v) is 3.98. The highest BCUT2D eigenvalue weighted by molar-refractivity contribution is 5.68. The van der Waals surface area contributed by atoms with Crippen LogP contribution < -0.4 is 10.7 Å². The van der Waals surface area contributed by atoms with Gasteiger partial charge in [-0.25, -0.2) is 9.82 Å². The number of rotatable bonds is 3. The second kappa shape index (κ2) is 4.63. The van der Waals surface area contributed by atoms with Crippen LogP contribution in [-0.2, 0) is 6.54 Å². The van der Waals surface area contributed by atoms with Crippen molar-refractivity contribution in [3.8, 4) is 0 Å². The summed E-state index contributed by atoms with van der Waals surface area (Å²) in [5.74, 6) is -0.182. The molecular weight excluding hydrogens is 205 g/mol. The lowest BCUT2D eigenvalue weighted by atomic mass is 10.0. The maximum Gasteiger partial charge on any atom is 0.124 e. The monoisotopic (exact) mass is 221 g/mol. The highest BCUT2D eigenvalue weighted by Gasteiger charge is 2.11. The first-order chi connectivity index (χ1) is 7.69. The van der Waals surface area contributed by atoms with Gasteiger partial charge in [0.2, 0.25) is 0 Å². The highest BCUT2D eigenvalue weighted by Crippen LogP contribution is 2.20. The second-order valence-electron chi connectivity index (χ2n) is 3.98. The molecule has 1 heterocycles. The Bertz CT molecular complexity index is 415. The molecule has 1 aromatic rings. The van der Waals surface area contributed by atoms with Gasteiger partial charge >= 0.3 is 0 Å². The summed E-state index contributed by atoms with van der Waals surface area (Å²) < 4.78 is 13.4. The van der Waals surface area contributed by atoms with E-state index in [1.807, 2.05) is 31.4 Å². The summed E-state index contributed by atoms with van der Waals surface area (Å²) in [6, 6.07) is 5.16. The fourth-order valence-corrected chi connectivity index (χ4v) is 1.85. The van der Waals surface area contributed by atoms with Gasteiger partial charge in [0.05, 0.1) is 0 Å². The van der Waals surface area contributed by atoms with Gasteiger partial charge in [0, 0.05) is 26.3 Å². The Hall–Kier alpha value is -1.39. The van der Waals surface area contributed by atoms with Gasteiger partial charge in [-0.3, -0.25) is 0 Å². The molecule has 3 nitrogen and oxygen atoms in total. The van der Waals surface area contributed by atoms with E-state index in [-0.39, 0.29) is 5.82 Å². The average molecular weight is 221 g/mol. The first-order valence-electron chi connectivity index (χ1n) is 5.30. The molecule has 0 bridgehead atoms. The van der Waals surface area contributed by atoms with E-state index < -0.39 is 0 Å². The van der Waals surface area contributed by atoms with E-state index in [4.69, 9.17) is 0 Å². The molecule has 1 aliphatic rings. The van der Waals surface area contributed by atoms with Crippen LogP contribution in [0.1, 0.15) is 11.1 Å². The minimum atomic E-state index is -0.182. The molecule has 0 saturated carbocycles. The number of hydrogen-bond acceptors (Lipinski definition) is 3. The number of benzene rings is 1. The Morgan fingerprint density at radius 3 is 2.88 bits per heavy atom. The third-order valence-electron chi connectivity index (χ3n) is 2.58. The van der Waals surface area contributed by atoms with Crippen molar-refractivity contribution in [2.75, 3.05) is 20.6 Å². The Balaban J connectivity index is 2.30. The molecule has 86 valence electrons. The zero-order valence-corrected chi connectivity index (χ0v) is 9.55. The minimum absolute atomic E-state index is 0.182. The van der Waals surface area contributed by atoms with Crippen LogP contribution in [0.15, 0.2) is 24.4 Å². The van der Waals surface area contributed by atoms with Crippen molar-refractivity contribution in [1.82, 2.24) is 15.8 Å². The van der Waals surface area contributed by atoms with Crippen LogP contribution in [-0.4, -0.2) is 25.6 Å². The Labute approximate surface area is 94.9 Å². The first kappa shape index (κ1) is 11.1. The van der Waals surface area contributed by atoms with Crippen LogP contribution in [0.2, 0.25) is 0 Å². The van der Waals surface area contributed by atoms with E-state index in [9.17, 15) is 4.39 Å². The van der Waals surface area contributed by atoms with Gasteiger partial charge < -0.3 is 10.3 Å². The van der Waals surface area contributed by atoms with Gasteiger partial charge in [0.25, 0.3) is 0 Å². The predicted molar refractivity (Wildman–Crippen MR) is 62.9 cm³/mol. The summed E-state index contributed by atoms with van der Waals surface area (Å²) in [6.45, 7) is 1.43. The molecule has 0 amide bonds. The quantitative estimate of drug-likeness (QED) is 0.806. The van der Waals surface area contributed by atoms with Crippen molar-refractivity contribution in [1.29, 1.82) is 0 Å². The van der Waals surface area contributed by atoms with Crippen LogP contribution in [0.3, 0.4) is 0 Å². The van der Waals surface area contributed by atoms with E-state index >= 15 is 0 Å². The average Bonchev–Trinajstić information content (AvgIpc) is 2.64. The third kappa shape index (κ3) is 2.40. The van der Waals surface area contributed by atoms with Gasteiger partial charge in [-0.15, -0.1) is 0 Å². The maximum absolute atomic E-state index is 13.4. The fourth-order valence-electron chi connectivity index (χ4n) is 1.85. The van der Waals surface area contributed by atoms with Crippen molar-refractivity contribution in [3.05, 3.63) is 41.3 Å². The van der Waals surface area contributed by atoms with Gasteiger partial charge in [-0.1, -0.05) is 0 Å². The minimum Gasteiger partial charge on any atom is -0.318 e. The molecule has 0 radical (unpaired) electrons. The summed E-state index contributed by atoms with van der Waals surface area (Å²) in [5, 5.41) is 4.91. The maximum atomic E-state index is 13.4. The van der Waals surface area contributed by atoms with Crippen LogP contribution >= 0.6 is 0 Å². The predicted octanol–water partition coefficient (Wildman–Crippen LogP) is 1.34. The lowest BCUT2D eigenvalue weighted by Crippen LogP contribution is -2.23. The molecule has 0 spiro atoms. The molecule has 1 aromatic carbocycles. The molecule has 0 saturated heterocycles. The lowest BCUT2D eigenvalue weighted by molar-refractivity contribution is 0.374. The molecule has 2 N–H and O–H groups in total. The third-order valence-corrected chi connectivity index (χ3v) is 2.58. The lowest BCUT2D eigenvalue weighted by Gasteiger charge is -2.06. The summed E-state index contributed by atoms with van der Waals surface area (Å²) >= 11 is 0. The molecule has 2 rings (SSSR count). The van der Waals surface area contributed by atoms with E-state index in [1.54, 1.807) is 12.1 Å². The number of nitrogens with zero attached hydrogens (tertiary/aromatic N) is 1. The van der Waals surface area contributed by atoms with E-state index in [1.165, 1.54) is 0 Å².